The van der Waals surface area contributed by atoms with Gasteiger partial charge in [0.1, 0.15) is 11.9 Å². The van der Waals surface area contributed by atoms with E-state index in [1.165, 1.54) is 19.1 Å². The third kappa shape index (κ3) is 5.92. The topological polar surface area (TPSA) is 104 Å². The minimum Gasteiger partial charge on any atom is -0.374 e. The van der Waals surface area contributed by atoms with Crippen molar-refractivity contribution < 1.29 is 22.4 Å². The Morgan fingerprint density at radius 1 is 0.875 bits per heavy atom. The lowest BCUT2D eigenvalue weighted by Crippen LogP contribution is -2.31. The van der Waals surface area contributed by atoms with Gasteiger partial charge in [0.05, 0.1) is 4.90 Å². The highest BCUT2D eigenvalue weighted by Crippen LogP contribution is 2.19. The van der Waals surface area contributed by atoms with Gasteiger partial charge < -0.3 is 10.6 Å². The Balaban J connectivity index is 1.61. The molecule has 0 saturated heterocycles. The zero-order valence-electron chi connectivity index (χ0n) is 17.4. The van der Waals surface area contributed by atoms with Crippen LogP contribution in [0.5, 0.6) is 0 Å². The van der Waals surface area contributed by atoms with Crippen molar-refractivity contribution in [2.24, 2.45) is 0 Å². The lowest BCUT2D eigenvalue weighted by atomic mass is 10.1. The molecule has 0 unspecified atom stereocenters. The highest BCUT2D eigenvalue weighted by atomic mass is 32.2. The van der Waals surface area contributed by atoms with E-state index in [0.29, 0.717) is 22.6 Å². The van der Waals surface area contributed by atoms with E-state index in [1.807, 2.05) is 0 Å². The molecular weight excluding hydrogens is 433 g/mol. The van der Waals surface area contributed by atoms with Crippen LogP contribution >= 0.6 is 0 Å². The summed E-state index contributed by atoms with van der Waals surface area (Å²) >= 11 is 0. The predicted octanol–water partition coefficient (Wildman–Crippen LogP) is 4.27. The first kappa shape index (κ1) is 23.0. The third-order valence-electron chi connectivity index (χ3n) is 4.57. The molecule has 3 N–H and O–H groups in total. The van der Waals surface area contributed by atoms with E-state index >= 15 is 0 Å². The Kier molecular flexibility index (Phi) is 6.89. The summed E-state index contributed by atoms with van der Waals surface area (Å²) in [5, 5.41) is 5.78. The molecule has 9 heteroatoms. The summed E-state index contributed by atoms with van der Waals surface area (Å²) in [5.41, 5.74) is 1.94. The second-order valence-electron chi connectivity index (χ2n) is 7.13. The van der Waals surface area contributed by atoms with Gasteiger partial charge in [-0.1, -0.05) is 12.1 Å². The minimum absolute atomic E-state index is 0.0553. The quantitative estimate of drug-likeness (QED) is 0.440. The summed E-state index contributed by atoms with van der Waals surface area (Å²) in [7, 11) is -3.85. The van der Waals surface area contributed by atoms with Crippen LogP contribution in [0.4, 0.5) is 21.5 Å². The van der Waals surface area contributed by atoms with Crippen molar-refractivity contribution >= 4 is 38.8 Å². The van der Waals surface area contributed by atoms with Gasteiger partial charge in [-0.15, -0.1) is 0 Å². The molecule has 0 aliphatic carbocycles. The first-order valence-electron chi connectivity index (χ1n) is 9.71. The Labute approximate surface area is 185 Å². The van der Waals surface area contributed by atoms with Crippen molar-refractivity contribution in [2.75, 3.05) is 15.4 Å². The van der Waals surface area contributed by atoms with Crippen LogP contribution in [-0.4, -0.2) is 26.2 Å². The molecule has 0 saturated carbocycles. The molecule has 3 aromatic rings. The second kappa shape index (κ2) is 9.61. The van der Waals surface area contributed by atoms with Gasteiger partial charge in [-0.3, -0.25) is 14.3 Å². The maximum atomic E-state index is 13.0. The van der Waals surface area contributed by atoms with Crippen LogP contribution in [0.2, 0.25) is 0 Å². The van der Waals surface area contributed by atoms with Gasteiger partial charge in [-0.25, -0.2) is 12.8 Å². The average Bonchev–Trinajstić information content (AvgIpc) is 2.75. The molecule has 0 spiro atoms. The highest BCUT2D eigenvalue weighted by Gasteiger charge is 2.16. The van der Waals surface area contributed by atoms with Crippen molar-refractivity contribution in [1.29, 1.82) is 0 Å². The number of Topliss-reactive ketones (excluding diaryl/α,β-unsaturated/α-hetero) is 1. The molecule has 0 heterocycles. The van der Waals surface area contributed by atoms with E-state index in [4.69, 9.17) is 0 Å². The van der Waals surface area contributed by atoms with Crippen LogP contribution in [-0.2, 0) is 14.8 Å². The molecule has 0 bridgehead atoms. The van der Waals surface area contributed by atoms with E-state index in [1.54, 1.807) is 55.5 Å². The molecule has 166 valence electrons. The van der Waals surface area contributed by atoms with Gasteiger partial charge in [0.2, 0.25) is 5.91 Å². The number of amides is 1. The summed E-state index contributed by atoms with van der Waals surface area (Å²) < 4.78 is 40.2. The number of carbonyl (C=O) groups is 2. The number of sulfonamides is 1. The zero-order chi connectivity index (χ0) is 23.3. The van der Waals surface area contributed by atoms with E-state index in [-0.39, 0.29) is 16.6 Å². The van der Waals surface area contributed by atoms with Gasteiger partial charge in [0, 0.05) is 22.6 Å². The third-order valence-corrected chi connectivity index (χ3v) is 5.97. The van der Waals surface area contributed by atoms with Gasteiger partial charge in [0.15, 0.2) is 5.78 Å². The lowest BCUT2D eigenvalue weighted by Gasteiger charge is -2.16. The van der Waals surface area contributed by atoms with E-state index in [2.05, 4.69) is 15.4 Å². The number of ketones is 1. The molecule has 32 heavy (non-hydrogen) atoms. The van der Waals surface area contributed by atoms with Crippen LogP contribution in [0, 0.1) is 5.82 Å². The molecule has 0 aliphatic heterocycles. The number of nitrogens with one attached hydrogen (secondary N) is 3. The first-order valence-corrected chi connectivity index (χ1v) is 11.2. The van der Waals surface area contributed by atoms with Crippen LogP contribution < -0.4 is 15.4 Å². The minimum atomic E-state index is -3.85. The van der Waals surface area contributed by atoms with E-state index in [9.17, 15) is 22.4 Å². The standard InChI is InChI=1S/C23H22FN3O4S/c1-15(23(29)26-21-5-3-4-17(14-21)16(2)28)25-19-8-10-20(11-9-19)27-32(30,31)22-12-6-18(24)7-13-22/h3-15,25,27H,1-2H3,(H,26,29)/t15-/m1/s1. The molecule has 3 rings (SSSR count). The fraction of sp³-hybridized carbons (Fsp3) is 0.130. The van der Waals surface area contributed by atoms with Crippen molar-refractivity contribution in [2.45, 2.75) is 24.8 Å². The smallest absolute Gasteiger partial charge is 0.261 e. The van der Waals surface area contributed by atoms with Crippen molar-refractivity contribution in [3.8, 4) is 0 Å². The lowest BCUT2D eigenvalue weighted by molar-refractivity contribution is -0.116. The monoisotopic (exact) mass is 455 g/mol. The Hall–Kier alpha value is -3.72. The average molecular weight is 456 g/mol. The number of hydrogen-bond donors (Lipinski definition) is 3. The summed E-state index contributed by atoms with van der Waals surface area (Å²) in [6.45, 7) is 3.13. The largest absolute Gasteiger partial charge is 0.374 e. The fourth-order valence-corrected chi connectivity index (χ4v) is 3.90. The molecule has 0 radical (unpaired) electrons. The molecule has 7 nitrogen and oxygen atoms in total. The van der Waals surface area contributed by atoms with Gasteiger partial charge in [-0.05, 0) is 74.5 Å². The molecule has 3 aromatic carbocycles. The normalized spacial score (nSPS) is 12.0. The number of benzene rings is 3. The fourth-order valence-electron chi connectivity index (χ4n) is 2.84. The summed E-state index contributed by atoms with van der Waals surface area (Å²) in [6.07, 6.45) is 0. The van der Waals surface area contributed by atoms with Gasteiger partial charge in [0.25, 0.3) is 10.0 Å². The predicted molar refractivity (Wildman–Crippen MR) is 122 cm³/mol. The number of hydrogen-bond acceptors (Lipinski definition) is 5. The van der Waals surface area contributed by atoms with Crippen molar-refractivity contribution in [3.05, 3.63) is 84.2 Å². The van der Waals surface area contributed by atoms with E-state index in [0.717, 1.165) is 12.1 Å². The van der Waals surface area contributed by atoms with Crippen LogP contribution in [0.25, 0.3) is 0 Å². The maximum Gasteiger partial charge on any atom is 0.261 e. The molecule has 0 aliphatic rings. The van der Waals surface area contributed by atoms with Crippen LogP contribution in [0.3, 0.4) is 0 Å². The molecular formula is C23H22FN3O4S. The maximum absolute atomic E-state index is 13.0. The summed E-state index contributed by atoms with van der Waals surface area (Å²) in [4.78, 5) is 23.9. The van der Waals surface area contributed by atoms with Gasteiger partial charge >= 0.3 is 0 Å². The molecule has 1 atom stereocenters. The Bertz CT molecular complexity index is 1230. The summed E-state index contributed by atoms with van der Waals surface area (Å²) in [6, 6.07) is 16.9. The second-order valence-corrected chi connectivity index (χ2v) is 8.81. The SMILES string of the molecule is CC(=O)c1cccc(NC(=O)[C@@H](C)Nc2ccc(NS(=O)(=O)c3ccc(F)cc3)cc2)c1. The molecule has 0 aromatic heterocycles. The van der Waals surface area contributed by atoms with Crippen molar-refractivity contribution in [1.82, 2.24) is 0 Å². The number of anilines is 3. The van der Waals surface area contributed by atoms with Crippen LogP contribution in [0.1, 0.15) is 24.2 Å². The number of rotatable bonds is 8. The first-order chi connectivity index (χ1) is 15.1. The van der Waals surface area contributed by atoms with Gasteiger partial charge in [-0.2, -0.15) is 0 Å². The number of carbonyl (C=O) groups excluding carboxylic acids is 2. The zero-order valence-corrected chi connectivity index (χ0v) is 18.2. The number of halogens is 1. The van der Waals surface area contributed by atoms with E-state index < -0.39 is 21.9 Å². The summed E-state index contributed by atoms with van der Waals surface area (Å²) in [5.74, 6) is -0.918. The van der Waals surface area contributed by atoms with Crippen LogP contribution in [0.15, 0.2) is 77.7 Å². The Morgan fingerprint density at radius 2 is 1.50 bits per heavy atom. The highest BCUT2D eigenvalue weighted by molar-refractivity contribution is 7.92. The molecule has 0 fully saturated rings. The Morgan fingerprint density at radius 3 is 2.12 bits per heavy atom. The molecule has 1 amide bonds. The van der Waals surface area contributed by atoms with Crippen molar-refractivity contribution in [3.63, 3.8) is 0 Å².